The third kappa shape index (κ3) is 29.0. The predicted molar refractivity (Wildman–Crippen MR) is 122 cm³/mol. The van der Waals surface area contributed by atoms with Crippen molar-refractivity contribution in [1.82, 2.24) is 0 Å². The number of rotatable bonds is 3. The molecule has 0 radical (unpaired) electrons. The minimum absolute atomic E-state index is 0.606. The first-order valence-electron chi connectivity index (χ1n) is 11.9. The van der Waals surface area contributed by atoms with E-state index in [0.29, 0.717) is 5.41 Å². The summed E-state index contributed by atoms with van der Waals surface area (Å²) in [6, 6.07) is 0. The summed E-state index contributed by atoms with van der Waals surface area (Å²) in [4.78, 5) is 0. The van der Waals surface area contributed by atoms with Crippen LogP contribution >= 0.6 is 0 Å². The summed E-state index contributed by atoms with van der Waals surface area (Å²) in [6.45, 7) is 19.9. The monoisotopic (exact) mass is 356 g/mol. The van der Waals surface area contributed by atoms with Gasteiger partial charge in [-0.2, -0.15) is 0 Å². The Labute approximate surface area is 164 Å². The van der Waals surface area contributed by atoms with E-state index >= 15 is 0 Å². The number of hydrogen-bond donors (Lipinski definition) is 0. The fourth-order valence-electron chi connectivity index (χ4n) is 3.02. The maximum atomic E-state index is 2.41. The second-order valence-corrected chi connectivity index (χ2v) is 8.76. The van der Waals surface area contributed by atoms with Crippen LogP contribution in [0.2, 0.25) is 0 Å². The van der Waals surface area contributed by atoms with E-state index in [1.807, 2.05) is 0 Å². The largest absolute Gasteiger partial charge is 0.0656 e. The zero-order valence-corrected chi connectivity index (χ0v) is 20.0. The van der Waals surface area contributed by atoms with E-state index in [1.165, 1.54) is 89.9 Å². The summed E-state index contributed by atoms with van der Waals surface area (Å²) in [5.74, 6) is 1.06. The maximum Gasteiger partial charge on any atom is -0.0354 e. The van der Waals surface area contributed by atoms with Gasteiger partial charge in [-0.3, -0.25) is 0 Å². The van der Waals surface area contributed by atoms with E-state index in [1.54, 1.807) is 0 Å². The fourth-order valence-corrected chi connectivity index (χ4v) is 3.02. The molecule has 2 fully saturated rings. The van der Waals surface area contributed by atoms with E-state index < -0.39 is 0 Å². The van der Waals surface area contributed by atoms with Crippen molar-refractivity contribution >= 4 is 0 Å². The third-order valence-corrected chi connectivity index (χ3v) is 4.52. The lowest BCUT2D eigenvalue weighted by Crippen LogP contribution is -2.14. The molecular formula is C25H56. The summed E-state index contributed by atoms with van der Waals surface area (Å²) in [5.41, 5.74) is 0.606. The molecule has 0 aliphatic heterocycles. The van der Waals surface area contributed by atoms with Gasteiger partial charge in [-0.15, -0.1) is 0 Å². The van der Waals surface area contributed by atoms with Crippen molar-refractivity contribution in [1.29, 1.82) is 0 Å². The fraction of sp³-hybridized carbons (Fsp3) is 1.00. The highest BCUT2D eigenvalue weighted by Crippen LogP contribution is 2.37. The first-order chi connectivity index (χ1) is 11.9. The van der Waals surface area contributed by atoms with Crippen LogP contribution in [0.1, 0.15) is 152 Å². The highest BCUT2D eigenvalue weighted by molar-refractivity contribution is 4.75. The van der Waals surface area contributed by atoms with Crippen molar-refractivity contribution in [3.8, 4) is 0 Å². The van der Waals surface area contributed by atoms with Crippen molar-refractivity contribution in [2.45, 2.75) is 152 Å². The van der Waals surface area contributed by atoms with Crippen LogP contribution in [-0.4, -0.2) is 0 Å². The van der Waals surface area contributed by atoms with Gasteiger partial charge in [-0.25, -0.2) is 0 Å². The van der Waals surface area contributed by atoms with Crippen LogP contribution in [-0.2, 0) is 0 Å². The van der Waals surface area contributed by atoms with Gasteiger partial charge in [0.2, 0.25) is 0 Å². The molecule has 25 heavy (non-hydrogen) atoms. The average molecular weight is 357 g/mol. The summed E-state index contributed by atoms with van der Waals surface area (Å²) in [5, 5.41) is 0. The van der Waals surface area contributed by atoms with Crippen LogP contribution in [0.5, 0.6) is 0 Å². The molecule has 2 saturated carbocycles. The highest BCUT2D eigenvalue weighted by atomic mass is 14.3. The van der Waals surface area contributed by atoms with Gasteiger partial charge < -0.3 is 0 Å². The second kappa shape index (κ2) is 24.0. The van der Waals surface area contributed by atoms with Crippen LogP contribution in [0.3, 0.4) is 0 Å². The lowest BCUT2D eigenvalue weighted by Gasteiger charge is -2.26. The lowest BCUT2D eigenvalue weighted by molar-refractivity contribution is 0.259. The van der Waals surface area contributed by atoms with Crippen molar-refractivity contribution < 1.29 is 0 Å². The summed E-state index contributed by atoms with van der Waals surface area (Å²) in [6.07, 6.45) is 20.0. The summed E-state index contributed by atoms with van der Waals surface area (Å²) in [7, 11) is 0. The Morgan fingerprint density at radius 1 is 0.560 bits per heavy atom. The van der Waals surface area contributed by atoms with Gasteiger partial charge in [0, 0.05) is 0 Å². The SMILES string of the molecule is C1CCCC1.CCC.CCC.CCC.CCC(C)(C)CC1CCCC1. The Bertz CT molecular complexity index is 182. The highest BCUT2D eigenvalue weighted by Gasteiger charge is 2.23. The second-order valence-electron chi connectivity index (χ2n) is 8.76. The van der Waals surface area contributed by atoms with Crippen LogP contribution < -0.4 is 0 Å². The Morgan fingerprint density at radius 2 is 0.840 bits per heavy atom. The Kier molecular flexibility index (Phi) is 28.6. The van der Waals surface area contributed by atoms with Gasteiger partial charge in [0.15, 0.2) is 0 Å². The van der Waals surface area contributed by atoms with Gasteiger partial charge in [0.05, 0.1) is 0 Å². The molecular weight excluding hydrogens is 300 g/mol. The van der Waals surface area contributed by atoms with Crippen molar-refractivity contribution in [2.24, 2.45) is 11.3 Å². The Morgan fingerprint density at radius 3 is 1.08 bits per heavy atom. The van der Waals surface area contributed by atoms with Gasteiger partial charge in [0.1, 0.15) is 0 Å². The minimum atomic E-state index is 0.606. The van der Waals surface area contributed by atoms with Crippen LogP contribution in [0.4, 0.5) is 0 Å². The lowest BCUT2D eigenvalue weighted by atomic mass is 9.80. The molecule has 0 saturated heterocycles. The quantitative estimate of drug-likeness (QED) is 0.471. The third-order valence-electron chi connectivity index (χ3n) is 4.52. The Balaban J connectivity index is -0.000000288. The smallest absolute Gasteiger partial charge is 0.0354 e. The molecule has 0 heterocycles. The molecule has 0 aromatic heterocycles. The minimum Gasteiger partial charge on any atom is -0.0656 e. The van der Waals surface area contributed by atoms with Crippen LogP contribution in [0.15, 0.2) is 0 Å². The van der Waals surface area contributed by atoms with Crippen molar-refractivity contribution in [3.63, 3.8) is 0 Å². The van der Waals surface area contributed by atoms with Gasteiger partial charge in [-0.05, 0) is 17.8 Å². The molecule has 0 heteroatoms. The van der Waals surface area contributed by atoms with Crippen LogP contribution in [0.25, 0.3) is 0 Å². The standard InChI is InChI=1S/C11H22.C5H10.3C3H8/c1-4-11(2,3)9-10-7-5-6-8-10;1-2-4-5-3-1;3*1-3-2/h10H,4-9H2,1-3H3;1-5H2;3*3H2,1-2H3. The van der Waals surface area contributed by atoms with E-state index in [0.717, 1.165) is 5.92 Å². The maximum absolute atomic E-state index is 2.41. The molecule has 2 aliphatic carbocycles. The summed E-state index contributed by atoms with van der Waals surface area (Å²) < 4.78 is 0. The molecule has 0 unspecified atom stereocenters. The number of hydrogen-bond acceptors (Lipinski definition) is 0. The first-order valence-corrected chi connectivity index (χ1v) is 11.9. The van der Waals surface area contributed by atoms with E-state index in [2.05, 4.69) is 62.3 Å². The molecule has 0 N–H and O–H groups in total. The van der Waals surface area contributed by atoms with E-state index in [9.17, 15) is 0 Å². The van der Waals surface area contributed by atoms with Gasteiger partial charge in [-0.1, -0.05) is 146 Å². The topological polar surface area (TPSA) is 0 Å². The van der Waals surface area contributed by atoms with Crippen molar-refractivity contribution in [2.75, 3.05) is 0 Å². The molecule has 0 bridgehead atoms. The molecule has 0 amide bonds. The van der Waals surface area contributed by atoms with Crippen LogP contribution in [0, 0.1) is 11.3 Å². The average Bonchev–Trinajstić information content (AvgIpc) is 3.25. The first kappa shape index (κ1) is 29.8. The molecule has 2 rings (SSSR count). The van der Waals surface area contributed by atoms with E-state index in [-0.39, 0.29) is 0 Å². The van der Waals surface area contributed by atoms with Gasteiger partial charge >= 0.3 is 0 Å². The normalized spacial score (nSPS) is 16.2. The molecule has 2 aliphatic rings. The Hall–Kier alpha value is 0. The summed E-state index contributed by atoms with van der Waals surface area (Å²) >= 11 is 0. The molecule has 0 aromatic carbocycles. The molecule has 0 atom stereocenters. The molecule has 0 spiro atoms. The van der Waals surface area contributed by atoms with Crippen molar-refractivity contribution in [3.05, 3.63) is 0 Å². The zero-order valence-electron chi connectivity index (χ0n) is 20.0. The van der Waals surface area contributed by atoms with E-state index in [4.69, 9.17) is 0 Å². The molecule has 156 valence electrons. The molecule has 0 nitrogen and oxygen atoms in total. The van der Waals surface area contributed by atoms with Gasteiger partial charge in [0.25, 0.3) is 0 Å². The zero-order chi connectivity index (χ0) is 20.0. The molecule has 0 aromatic rings. The predicted octanol–water partition coefficient (Wildman–Crippen LogP) is 10.2.